The molecule has 2 N–H and O–H groups in total. The molecule has 2 rings (SSSR count). The van der Waals surface area contributed by atoms with Crippen molar-refractivity contribution in [2.24, 2.45) is 0 Å². The number of para-hydroxylation sites is 1. The summed E-state index contributed by atoms with van der Waals surface area (Å²) in [5, 5.41) is 6.97. The molecule has 1 aromatic carbocycles. The average molecular weight is 283 g/mol. The van der Waals surface area contributed by atoms with Gasteiger partial charge in [-0.05, 0) is 19.0 Å². The van der Waals surface area contributed by atoms with Crippen molar-refractivity contribution in [3.63, 3.8) is 0 Å². The van der Waals surface area contributed by atoms with Crippen LogP contribution >= 0.6 is 12.4 Å². The highest BCUT2D eigenvalue weighted by molar-refractivity contribution is 6.05. The Labute approximate surface area is 119 Å². The van der Waals surface area contributed by atoms with E-state index >= 15 is 0 Å². The first kappa shape index (κ1) is 15.5. The number of nitrogens with one attached hydrogen (secondary N) is 2. The number of rotatable bonds is 6. The third kappa shape index (κ3) is 3.98. The Hall–Kier alpha value is -1.52. The number of carbonyl (C=O) groups is 1. The molecule has 19 heavy (non-hydrogen) atoms. The molecule has 1 aromatic heterocycles. The van der Waals surface area contributed by atoms with Crippen molar-refractivity contribution in [2.75, 3.05) is 19.6 Å². The first-order chi connectivity index (χ1) is 8.83. The molecular formula is C14H19ClN2O2. The molecule has 0 saturated carbocycles. The number of carbonyl (C=O) groups excluding carboxylic acids is 1. The number of fused-ring (bicyclic) bond motifs is 1. The fourth-order valence-electron chi connectivity index (χ4n) is 1.82. The molecule has 0 saturated heterocycles. The molecule has 0 fully saturated rings. The summed E-state index contributed by atoms with van der Waals surface area (Å²) in [6.07, 6.45) is 2.61. The SMILES string of the molecule is CCCNCCNC(=O)c1coc2ccccc12.Cl. The molecule has 0 aliphatic heterocycles. The minimum absolute atomic E-state index is 0. The largest absolute Gasteiger partial charge is 0.463 e. The second-order valence-electron chi connectivity index (χ2n) is 4.15. The minimum Gasteiger partial charge on any atom is -0.463 e. The third-order valence-corrected chi connectivity index (χ3v) is 2.74. The summed E-state index contributed by atoms with van der Waals surface area (Å²) in [6, 6.07) is 7.54. The summed E-state index contributed by atoms with van der Waals surface area (Å²) in [5.41, 5.74) is 1.34. The fourth-order valence-corrected chi connectivity index (χ4v) is 1.82. The Morgan fingerprint density at radius 3 is 2.79 bits per heavy atom. The zero-order chi connectivity index (χ0) is 12.8. The maximum Gasteiger partial charge on any atom is 0.255 e. The van der Waals surface area contributed by atoms with E-state index in [2.05, 4.69) is 17.6 Å². The summed E-state index contributed by atoms with van der Waals surface area (Å²) >= 11 is 0. The van der Waals surface area contributed by atoms with Crippen molar-refractivity contribution in [2.45, 2.75) is 13.3 Å². The van der Waals surface area contributed by atoms with Gasteiger partial charge in [0.1, 0.15) is 11.8 Å². The van der Waals surface area contributed by atoms with E-state index in [4.69, 9.17) is 4.42 Å². The van der Waals surface area contributed by atoms with E-state index in [1.807, 2.05) is 24.3 Å². The first-order valence-corrected chi connectivity index (χ1v) is 6.28. The Morgan fingerprint density at radius 2 is 2.00 bits per heavy atom. The zero-order valence-corrected chi connectivity index (χ0v) is 11.8. The lowest BCUT2D eigenvalue weighted by molar-refractivity contribution is 0.0954. The summed E-state index contributed by atoms with van der Waals surface area (Å²) in [6.45, 7) is 4.50. The van der Waals surface area contributed by atoms with Gasteiger partial charge in [-0.2, -0.15) is 0 Å². The van der Waals surface area contributed by atoms with Crippen molar-refractivity contribution in [3.8, 4) is 0 Å². The van der Waals surface area contributed by atoms with Crippen molar-refractivity contribution < 1.29 is 9.21 Å². The maximum absolute atomic E-state index is 12.0. The van der Waals surface area contributed by atoms with Crippen LogP contribution in [0.2, 0.25) is 0 Å². The van der Waals surface area contributed by atoms with Gasteiger partial charge < -0.3 is 15.1 Å². The third-order valence-electron chi connectivity index (χ3n) is 2.74. The van der Waals surface area contributed by atoms with Gasteiger partial charge in [0.25, 0.3) is 5.91 Å². The molecular weight excluding hydrogens is 264 g/mol. The molecule has 0 aliphatic carbocycles. The lowest BCUT2D eigenvalue weighted by atomic mass is 10.1. The van der Waals surface area contributed by atoms with Gasteiger partial charge in [-0.25, -0.2) is 0 Å². The number of hydrogen-bond donors (Lipinski definition) is 2. The second-order valence-corrected chi connectivity index (χ2v) is 4.15. The Morgan fingerprint density at radius 1 is 1.21 bits per heavy atom. The highest BCUT2D eigenvalue weighted by Crippen LogP contribution is 2.20. The summed E-state index contributed by atoms with van der Waals surface area (Å²) in [7, 11) is 0. The molecule has 0 spiro atoms. The van der Waals surface area contributed by atoms with Crippen molar-refractivity contribution >= 4 is 29.3 Å². The van der Waals surface area contributed by atoms with E-state index in [1.54, 1.807) is 0 Å². The molecule has 104 valence electrons. The van der Waals surface area contributed by atoms with Gasteiger partial charge in [-0.3, -0.25) is 4.79 Å². The molecule has 4 nitrogen and oxygen atoms in total. The summed E-state index contributed by atoms with van der Waals surface area (Å²) < 4.78 is 5.34. The number of amides is 1. The Kier molecular flexibility index (Phi) is 6.39. The Bertz CT molecular complexity index is 525. The van der Waals surface area contributed by atoms with Crippen LogP contribution in [0.1, 0.15) is 23.7 Å². The summed E-state index contributed by atoms with van der Waals surface area (Å²) in [4.78, 5) is 12.0. The number of halogens is 1. The van der Waals surface area contributed by atoms with E-state index < -0.39 is 0 Å². The second kappa shape index (κ2) is 7.81. The standard InChI is InChI=1S/C14H18N2O2.ClH/c1-2-7-15-8-9-16-14(17)12-10-18-13-6-4-3-5-11(12)13;/h3-6,10,15H,2,7-9H2,1H3,(H,16,17);1H. The number of benzene rings is 1. The van der Waals surface area contributed by atoms with Crippen molar-refractivity contribution in [3.05, 3.63) is 36.1 Å². The van der Waals surface area contributed by atoms with Gasteiger partial charge in [0.05, 0.1) is 5.56 Å². The lowest BCUT2D eigenvalue weighted by Gasteiger charge is -2.04. The van der Waals surface area contributed by atoms with Gasteiger partial charge in [0.15, 0.2) is 0 Å². The highest BCUT2D eigenvalue weighted by Gasteiger charge is 2.12. The summed E-state index contributed by atoms with van der Waals surface area (Å²) in [5.74, 6) is -0.0850. The zero-order valence-electron chi connectivity index (χ0n) is 10.9. The number of hydrogen-bond acceptors (Lipinski definition) is 3. The van der Waals surface area contributed by atoms with E-state index in [0.29, 0.717) is 12.1 Å². The maximum atomic E-state index is 12.0. The van der Waals surface area contributed by atoms with E-state index in [0.717, 1.165) is 30.5 Å². The van der Waals surface area contributed by atoms with Crippen LogP contribution in [0.25, 0.3) is 11.0 Å². The predicted octanol–water partition coefficient (Wildman–Crippen LogP) is 2.58. The van der Waals surface area contributed by atoms with Crippen LogP contribution in [0.3, 0.4) is 0 Å². The molecule has 0 unspecified atom stereocenters. The molecule has 2 aromatic rings. The highest BCUT2D eigenvalue weighted by atomic mass is 35.5. The molecule has 0 bridgehead atoms. The average Bonchev–Trinajstić information content (AvgIpc) is 2.82. The molecule has 0 aliphatic rings. The topological polar surface area (TPSA) is 54.3 Å². The fraction of sp³-hybridized carbons (Fsp3) is 0.357. The monoisotopic (exact) mass is 282 g/mol. The van der Waals surface area contributed by atoms with Gasteiger partial charge in [0.2, 0.25) is 0 Å². The van der Waals surface area contributed by atoms with Gasteiger partial charge >= 0.3 is 0 Å². The normalized spacial score (nSPS) is 10.2. The Balaban J connectivity index is 0.00000180. The van der Waals surface area contributed by atoms with Gasteiger partial charge in [-0.15, -0.1) is 12.4 Å². The van der Waals surface area contributed by atoms with Crippen LogP contribution in [-0.4, -0.2) is 25.5 Å². The molecule has 5 heteroatoms. The van der Waals surface area contributed by atoms with Crippen molar-refractivity contribution in [1.82, 2.24) is 10.6 Å². The first-order valence-electron chi connectivity index (χ1n) is 6.28. The minimum atomic E-state index is -0.0850. The predicted molar refractivity (Wildman–Crippen MR) is 79.0 cm³/mol. The van der Waals surface area contributed by atoms with Crippen LogP contribution in [0.15, 0.2) is 34.9 Å². The molecule has 1 heterocycles. The van der Waals surface area contributed by atoms with Crippen LogP contribution in [0.5, 0.6) is 0 Å². The van der Waals surface area contributed by atoms with Gasteiger partial charge in [0, 0.05) is 18.5 Å². The van der Waals surface area contributed by atoms with Gasteiger partial charge in [-0.1, -0.05) is 25.1 Å². The van der Waals surface area contributed by atoms with Crippen LogP contribution < -0.4 is 10.6 Å². The number of furan rings is 1. The molecule has 1 amide bonds. The van der Waals surface area contributed by atoms with E-state index in [1.165, 1.54) is 6.26 Å². The molecule has 0 atom stereocenters. The van der Waals surface area contributed by atoms with Crippen LogP contribution in [0, 0.1) is 0 Å². The smallest absolute Gasteiger partial charge is 0.255 e. The quantitative estimate of drug-likeness (QED) is 0.801. The van der Waals surface area contributed by atoms with Crippen molar-refractivity contribution in [1.29, 1.82) is 0 Å². The lowest BCUT2D eigenvalue weighted by Crippen LogP contribution is -2.31. The van der Waals surface area contributed by atoms with E-state index in [-0.39, 0.29) is 18.3 Å². The van der Waals surface area contributed by atoms with Crippen LogP contribution in [0.4, 0.5) is 0 Å². The van der Waals surface area contributed by atoms with E-state index in [9.17, 15) is 4.79 Å². The van der Waals surface area contributed by atoms with Crippen LogP contribution in [-0.2, 0) is 0 Å². The molecule has 0 radical (unpaired) electrons.